The Balaban J connectivity index is 2.31. The van der Waals surface area contributed by atoms with Crippen molar-refractivity contribution in [1.82, 2.24) is 9.55 Å². The Bertz CT molecular complexity index is 670. The maximum absolute atomic E-state index is 12.5. The Morgan fingerprint density at radius 3 is 2.62 bits per heavy atom. The van der Waals surface area contributed by atoms with Gasteiger partial charge in [-0.25, -0.2) is 4.98 Å². The van der Waals surface area contributed by atoms with E-state index in [1.165, 1.54) is 0 Å². The molecule has 114 valence electrons. The Morgan fingerprint density at radius 2 is 2.00 bits per heavy atom. The molecule has 0 saturated heterocycles. The van der Waals surface area contributed by atoms with E-state index in [4.69, 9.17) is 0 Å². The van der Waals surface area contributed by atoms with Crippen LogP contribution in [-0.2, 0) is 7.05 Å². The molecule has 2 aromatic rings. The molecule has 2 heterocycles. The predicted octanol–water partition coefficient (Wildman–Crippen LogP) is 3.70. The highest BCUT2D eigenvalue weighted by atomic mass is 32.1. The van der Waals surface area contributed by atoms with Gasteiger partial charge >= 0.3 is 0 Å². The third-order valence-electron chi connectivity index (χ3n) is 3.38. The predicted molar refractivity (Wildman–Crippen MR) is 90.2 cm³/mol. The molecule has 5 heteroatoms. The van der Waals surface area contributed by atoms with E-state index in [0.29, 0.717) is 17.4 Å². The molecule has 0 spiro atoms. The van der Waals surface area contributed by atoms with E-state index in [2.05, 4.69) is 38.0 Å². The fourth-order valence-electron chi connectivity index (χ4n) is 2.19. The lowest BCUT2D eigenvalue weighted by molar-refractivity contribution is 0.688. The van der Waals surface area contributed by atoms with Crippen LogP contribution in [0.25, 0.3) is 11.3 Å². The lowest BCUT2D eigenvalue weighted by Gasteiger charge is -2.12. The molecule has 0 radical (unpaired) electrons. The van der Waals surface area contributed by atoms with Crippen molar-refractivity contribution in [2.45, 2.75) is 33.6 Å². The number of nitrogens with one attached hydrogen (secondary N) is 1. The zero-order chi connectivity index (χ0) is 15.6. The van der Waals surface area contributed by atoms with E-state index in [0.717, 1.165) is 23.1 Å². The van der Waals surface area contributed by atoms with Gasteiger partial charge in [0.2, 0.25) is 0 Å². The van der Waals surface area contributed by atoms with Crippen LogP contribution in [-0.4, -0.2) is 16.1 Å². The van der Waals surface area contributed by atoms with Crippen LogP contribution in [0.15, 0.2) is 22.3 Å². The Morgan fingerprint density at radius 1 is 1.29 bits per heavy atom. The maximum Gasteiger partial charge on any atom is 0.259 e. The van der Waals surface area contributed by atoms with E-state index in [1.807, 2.05) is 24.6 Å². The summed E-state index contributed by atoms with van der Waals surface area (Å²) in [4.78, 5) is 17.0. The van der Waals surface area contributed by atoms with Crippen molar-refractivity contribution in [3.8, 4) is 11.3 Å². The van der Waals surface area contributed by atoms with Crippen LogP contribution in [0, 0.1) is 5.92 Å². The highest BCUT2D eigenvalue weighted by Crippen LogP contribution is 2.24. The summed E-state index contributed by atoms with van der Waals surface area (Å²) in [5.74, 6) is 0.894. The fourth-order valence-corrected chi connectivity index (χ4v) is 2.92. The first-order chi connectivity index (χ1) is 9.90. The third-order valence-corrected chi connectivity index (χ3v) is 4.18. The van der Waals surface area contributed by atoms with Gasteiger partial charge in [0.25, 0.3) is 5.56 Å². The molecule has 0 aliphatic carbocycles. The van der Waals surface area contributed by atoms with Gasteiger partial charge in [0.05, 0.1) is 11.3 Å². The minimum absolute atomic E-state index is 0.0157. The summed E-state index contributed by atoms with van der Waals surface area (Å²) in [5, 5.41) is 6.10. The minimum Gasteiger partial charge on any atom is -0.361 e. The molecule has 0 fully saturated rings. The molecule has 0 aliphatic rings. The monoisotopic (exact) mass is 305 g/mol. The molecular formula is C16H23N3OS. The number of aromatic nitrogens is 2. The molecule has 0 unspecified atom stereocenters. The zero-order valence-corrected chi connectivity index (χ0v) is 14.1. The van der Waals surface area contributed by atoms with Gasteiger partial charge in [-0.15, -0.1) is 11.3 Å². The number of hydrogen-bond donors (Lipinski definition) is 1. The normalized spacial score (nSPS) is 11.4. The van der Waals surface area contributed by atoms with Gasteiger partial charge in [-0.05, 0) is 24.0 Å². The summed E-state index contributed by atoms with van der Waals surface area (Å²) in [6.07, 6.45) is 0. The number of nitrogens with zero attached hydrogens (tertiary/aromatic N) is 2. The van der Waals surface area contributed by atoms with E-state index in [1.54, 1.807) is 15.9 Å². The van der Waals surface area contributed by atoms with Crippen molar-refractivity contribution in [3.63, 3.8) is 0 Å². The lowest BCUT2D eigenvalue weighted by Crippen LogP contribution is -2.22. The van der Waals surface area contributed by atoms with Gasteiger partial charge in [-0.1, -0.05) is 27.7 Å². The second kappa shape index (κ2) is 6.43. The smallest absolute Gasteiger partial charge is 0.259 e. The van der Waals surface area contributed by atoms with Crippen molar-refractivity contribution in [3.05, 3.63) is 33.6 Å². The average molecular weight is 305 g/mol. The zero-order valence-electron chi connectivity index (χ0n) is 13.3. The van der Waals surface area contributed by atoms with Gasteiger partial charge in [-0.3, -0.25) is 4.79 Å². The summed E-state index contributed by atoms with van der Waals surface area (Å²) >= 11 is 1.54. The molecule has 21 heavy (non-hydrogen) atoms. The second-order valence-electron chi connectivity index (χ2n) is 6.00. The average Bonchev–Trinajstić information content (AvgIpc) is 2.87. The largest absolute Gasteiger partial charge is 0.361 e. The molecular weight excluding hydrogens is 282 g/mol. The van der Waals surface area contributed by atoms with E-state index in [-0.39, 0.29) is 5.56 Å². The van der Waals surface area contributed by atoms with Gasteiger partial charge in [-0.2, -0.15) is 0 Å². The van der Waals surface area contributed by atoms with E-state index < -0.39 is 0 Å². The molecule has 0 aromatic carbocycles. The van der Waals surface area contributed by atoms with Gasteiger partial charge in [0.1, 0.15) is 0 Å². The fraction of sp³-hybridized carbons (Fsp3) is 0.500. The van der Waals surface area contributed by atoms with Gasteiger partial charge in [0.15, 0.2) is 5.13 Å². The summed E-state index contributed by atoms with van der Waals surface area (Å²) in [6.45, 7) is 9.37. The lowest BCUT2D eigenvalue weighted by atomic mass is 10.1. The van der Waals surface area contributed by atoms with Crippen molar-refractivity contribution in [2.75, 3.05) is 11.9 Å². The van der Waals surface area contributed by atoms with Crippen molar-refractivity contribution >= 4 is 16.5 Å². The third kappa shape index (κ3) is 3.53. The summed E-state index contributed by atoms with van der Waals surface area (Å²) < 4.78 is 1.72. The molecule has 0 aliphatic heterocycles. The van der Waals surface area contributed by atoms with Gasteiger partial charge < -0.3 is 9.88 Å². The van der Waals surface area contributed by atoms with Crippen LogP contribution in [0.2, 0.25) is 0 Å². The van der Waals surface area contributed by atoms with Crippen LogP contribution in [0.3, 0.4) is 0 Å². The van der Waals surface area contributed by atoms with Crippen molar-refractivity contribution in [2.24, 2.45) is 13.0 Å². The highest BCUT2D eigenvalue weighted by molar-refractivity contribution is 7.14. The Hall–Kier alpha value is -1.62. The number of rotatable bonds is 5. The first-order valence-corrected chi connectivity index (χ1v) is 8.17. The topological polar surface area (TPSA) is 46.9 Å². The number of pyridine rings is 1. The highest BCUT2D eigenvalue weighted by Gasteiger charge is 2.12. The minimum atomic E-state index is 0.0157. The van der Waals surface area contributed by atoms with Crippen molar-refractivity contribution in [1.29, 1.82) is 0 Å². The Labute approximate surface area is 129 Å². The molecule has 4 nitrogen and oxygen atoms in total. The van der Waals surface area contributed by atoms with Crippen molar-refractivity contribution < 1.29 is 0 Å². The molecule has 1 N–H and O–H groups in total. The van der Waals surface area contributed by atoms with Crippen LogP contribution >= 0.6 is 11.3 Å². The second-order valence-corrected chi connectivity index (χ2v) is 6.86. The van der Waals surface area contributed by atoms with E-state index >= 15 is 0 Å². The number of hydrogen-bond acceptors (Lipinski definition) is 4. The summed E-state index contributed by atoms with van der Waals surface area (Å²) in [6, 6.07) is 3.90. The van der Waals surface area contributed by atoms with Crippen LogP contribution in [0.4, 0.5) is 5.13 Å². The maximum atomic E-state index is 12.5. The first-order valence-electron chi connectivity index (χ1n) is 7.29. The molecule has 0 atom stereocenters. The van der Waals surface area contributed by atoms with E-state index in [9.17, 15) is 4.79 Å². The van der Waals surface area contributed by atoms with Crippen LogP contribution in [0.1, 0.15) is 39.3 Å². The standard InChI is InChI=1S/C16H23N3OS/c1-10(2)8-17-16-18-13(9-21-16)12-6-7-14(11(3)4)19(5)15(12)20/h6-7,9-11H,8H2,1-5H3,(H,17,18). The summed E-state index contributed by atoms with van der Waals surface area (Å²) in [5.41, 5.74) is 2.47. The molecule has 2 aromatic heterocycles. The molecule has 0 bridgehead atoms. The quantitative estimate of drug-likeness (QED) is 0.916. The number of thiazole rings is 1. The molecule has 0 saturated carbocycles. The summed E-state index contributed by atoms with van der Waals surface area (Å²) in [7, 11) is 1.82. The molecule has 2 rings (SSSR count). The Kier molecular flexibility index (Phi) is 4.83. The number of anilines is 1. The SMILES string of the molecule is CC(C)CNc1nc(-c2ccc(C(C)C)n(C)c2=O)cs1. The van der Waals surface area contributed by atoms with Crippen LogP contribution < -0.4 is 10.9 Å². The molecule has 0 amide bonds. The van der Waals surface area contributed by atoms with Gasteiger partial charge in [0, 0.05) is 24.7 Å². The van der Waals surface area contributed by atoms with Crippen LogP contribution in [0.5, 0.6) is 0 Å². The first kappa shape index (κ1) is 15.8.